The molecule has 1 aliphatic rings. The second kappa shape index (κ2) is 8.65. The number of hydrogen-bond donors (Lipinski definition) is 1. The highest BCUT2D eigenvalue weighted by Crippen LogP contribution is 2.25. The highest BCUT2D eigenvalue weighted by molar-refractivity contribution is 7.98. The highest BCUT2D eigenvalue weighted by Gasteiger charge is 2.28. The molecular weight excluding hydrogens is 404 g/mol. The molecule has 144 valence electrons. The molecule has 0 aromatic heterocycles. The first-order valence-electron chi connectivity index (χ1n) is 8.61. The second-order valence-electron chi connectivity index (χ2n) is 6.35. The summed E-state index contributed by atoms with van der Waals surface area (Å²) in [6.07, 6.45) is 3.08. The van der Waals surface area contributed by atoms with E-state index in [1.165, 1.54) is 0 Å². The zero-order valence-corrected chi connectivity index (χ0v) is 17.3. The molecular formula is C19H21ClN2O3S2. The van der Waals surface area contributed by atoms with Crippen LogP contribution in [0.2, 0.25) is 5.02 Å². The van der Waals surface area contributed by atoms with E-state index in [4.69, 9.17) is 11.6 Å². The quantitative estimate of drug-likeness (QED) is 0.744. The van der Waals surface area contributed by atoms with Crippen molar-refractivity contribution in [2.45, 2.75) is 28.7 Å². The molecule has 0 atom stereocenters. The molecule has 2 aromatic rings. The molecule has 1 saturated heterocycles. The number of benzene rings is 2. The number of nitrogens with zero attached hydrogens (tertiary/aromatic N) is 1. The Morgan fingerprint density at radius 2 is 1.81 bits per heavy atom. The first-order valence-corrected chi connectivity index (χ1v) is 11.7. The Labute approximate surface area is 169 Å². The third-order valence-corrected chi connectivity index (χ3v) is 7.15. The molecule has 5 nitrogen and oxygen atoms in total. The van der Waals surface area contributed by atoms with Gasteiger partial charge >= 0.3 is 0 Å². The molecule has 1 aliphatic heterocycles. The molecule has 8 heteroatoms. The Morgan fingerprint density at radius 1 is 1.15 bits per heavy atom. The van der Waals surface area contributed by atoms with Gasteiger partial charge in [0.1, 0.15) is 0 Å². The molecule has 1 fully saturated rings. The van der Waals surface area contributed by atoms with Crippen molar-refractivity contribution < 1.29 is 13.2 Å². The third-order valence-electron chi connectivity index (χ3n) is 4.56. The van der Waals surface area contributed by atoms with Crippen LogP contribution in [-0.2, 0) is 10.0 Å². The molecule has 1 amide bonds. The smallest absolute Gasteiger partial charge is 0.255 e. The summed E-state index contributed by atoms with van der Waals surface area (Å²) in [6, 6.07) is 13.6. The number of carbonyl (C=O) groups excluding carboxylic acids is 1. The minimum absolute atomic E-state index is 0.111. The molecule has 0 aliphatic carbocycles. The van der Waals surface area contributed by atoms with E-state index < -0.39 is 10.0 Å². The van der Waals surface area contributed by atoms with Crippen LogP contribution in [0.25, 0.3) is 0 Å². The summed E-state index contributed by atoms with van der Waals surface area (Å²) < 4.78 is 27.6. The monoisotopic (exact) mass is 424 g/mol. The normalized spacial score (nSPS) is 15.7. The number of amides is 1. The van der Waals surface area contributed by atoms with Gasteiger partial charge in [0, 0.05) is 24.0 Å². The number of rotatable bonds is 5. The number of piperidine rings is 1. The van der Waals surface area contributed by atoms with Gasteiger partial charge in [-0.2, -0.15) is 0 Å². The molecule has 27 heavy (non-hydrogen) atoms. The predicted octanol–water partition coefficient (Wildman–Crippen LogP) is 3.65. The van der Waals surface area contributed by atoms with Crippen molar-refractivity contribution in [3.8, 4) is 0 Å². The summed E-state index contributed by atoms with van der Waals surface area (Å²) >= 11 is 7.76. The van der Waals surface area contributed by atoms with Gasteiger partial charge in [-0.25, -0.2) is 13.1 Å². The lowest BCUT2D eigenvalue weighted by Gasteiger charge is -2.32. The molecule has 0 spiro atoms. The van der Waals surface area contributed by atoms with E-state index in [-0.39, 0.29) is 16.8 Å². The van der Waals surface area contributed by atoms with Gasteiger partial charge in [-0.15, -0.1) is 11.8 Å². The minimum Gasteiger partial charge on any atom is -0.338 e. The average Bonchev–Trinajstić information content (AvgIpc) is 2.69. The number of thioether (sulfide) groups is 1. The average molecular weight is 425 g/mol. The summed E-state index contributed by atoms with van der Waals surface area (Å²) in [7, 11) is -3.54. The van der Waals surface area contributed by atoms with Gasteiger partial charge in [0.2, 0.25) is 10.0 Å². The van der Waals surface area contributed by atoms with Crippen molar-refractivity contribution in [1.82, 2.24) is 9.62 Å². The van der Waals surface area contributed by atoms with E-state index in [0.717, 1.165) is 4.90 Å². The summed E-state index contributed by atoms with van der Waals surface area (Å²) in [5.74, 6) is -0.111. The van der Waals surface area contributed by atoms with Crippen LogP contribution < -0.4 is 4.72 Å². The van der Waals surface area contributed by atoms with E-state index in [1.54, 1.807) is 59.1 Å². The van der Waals surface area contributed by atoms with Crippen LogP contribution in [-0.4, -0.2) is 44.6 Å². The Kier molecular flexibility index (Phi) is 6.47. The van der Waals surface area contributed by atoms with Gasteiger partial charge in [-0.3, -0.25) is 4.79 Å². The zero-order valence-electron chi connectivity index (χ0n) is 14.9. The van der Waals surface area contributed by atoms with Crippen molar-refractivity contribution in [2.24, 2.45) is 0 Å². The van der Waals surface area contributed by atoms with Gasteiger partial charge in [-0.05, 0) is 49.4 Å². The first kappa shape index (κ1) is 20.2. The number of nitrogens with one attached hydrogen (secondary N) is 1. The lowest BCUT2D eigenvalue weighted by molar-refractivity contribution is 0.0711. The largest absolute Gasteiger partial charge is 0.338 e. The molecule has 0 unspecified atom stereocenters. The number of halogens is 1. The van der Waals surface area contributed by atoms with Crippen molar-refractivity contribution in [2.75, 3.05) is 19.3 Å². The topological polar surface area (TPSA) is 66.5 Å². The fraction of sp³-hybridized carbons (Fsp3) is 0.316. The fourth-order valence-electron chi connectivity index (χ4n) is 3.05. The molecule has 1 N–H and O–H groups in total. The Hall–Kier alpha value is -1.54. The third kappa shape index (κ3) is 4.85. The van der Waals surface area contributed by atoms with E-state index in [1.807, 2.05) is 12.3 Å². The maximum Gasteiger partial charge on any atom is 0.255 e. The maximum absolute atomic E-state index is 12.8. The van der Waals surface area contributed by atoms with Crippen LogP contribution in [0.3, 0.4) is 0 Å². The summed E-state index contributed by atoms with van der Waals surface area (Å²) in [5.41, 5.74) is 0.492. The lowest BCUT2D eigenvalue weighted by atomic mass is 10.0. The standard InChI is InChI=1S/C19H21ClN2O3S2/c1-26-15-7-8-18(20)17(13-15)19(23)22-11-9-14(10-12-22)21-27(24,25)16-5-3-2-4-6-16/h2-8,13-14,21H,9-12H2,1H3. The van der Waals surface area contributed by atoms with E-state index in [9.17, 15) is 13.2 Å². The maximum atomic E-state index is 12.8. The first-order chi connectivity index (χ1) is 12.9. The van der Waals surface area contributed by atoms with Gasteiger partial charge in [0.15, 0.2) is 0 Å². The van der Waals surface area contributed by atoms with Crippen LogP contribution in [0, 0.1) is 0 Å². The molecule has 0 bridgehead atoms. The molecule has 2 aromatic carbocycles. The zero-order chi connectivity index (χ0) is 19.4. The minimum atomic E-state index is -3.54. The number of hydrogen-bond acceptors (Lipinski definition) is 4. The van der Waals surface area contributed by atoms with E-state index in [2.05, 4.69) is 4.72 Å². The number of likely N-dealkylation sites (tertiary alicyclic amines) is 1. The van der Waals surface area contributed by atoms with Gasteiger partial charge in [0.25, 0.3) is 5.91 Å². The van der Waals surface area contributed by atoms with Crippen molar-refractivity contribution in [3.05, 3.63) is 59.1 Å². The van der Waals surface area contributed by atoms with Crippen LogP contribution >= 0.6 is 23.4 Å². The Bertz CT molecular complexity index is 912. The molecule has 0 saturated carbocycles. The molecule has 1 heterocycles. The Balaban J connectivity index is 1.63. The van der Waals surface area contributed by atoms with Crippen LogP contribution in [0.5, 0.6) is 0 Å². The van der Waals surface area contributed by atoms with Crippen LogP contribution in [0.15, 0.2) is 58.3 Å². The number of carbonyl (C=O) groups is 1. The lowest BCUT2D eigenvalue weighted by Crippen LogP contribution is -2.46. The van der Waals surface area contributed by atoms with Crippen LogP contribution in [0.4, 0.5) is 0 Å². The highest BCUT2D eigenvalue weighted by atomic mass is 35.5. The Morgan fingerprint density at radius 3 is 2.44 bits per heavy atom. The molecule has 0 radical (unpaired) electrons. The van der Waals surface area contributed by atoms with E-state index in [0.29, 0.717) is 36.5 Å². The van der Waals surface area contributed by atoms with Gasteiger partial charge in [-0.1, -0.05) is 29.8 Å². The van der Waals surface area contributed by atoms with Crippen molar-refractivity contribution >= 4 is 39.3 Å². The van der Waals surface area contributed by atoms with Crippen molar-refractivity contribution in [1.29, 1.82) is 0 Å². The fourth-order valence-corrected chi connectivity index (χ4v) is 5.02. The molecule has 3 rings (SSSR count). The number of sulfonamides is 1. The SMILES string of the molecule is CSc1ccc(Cl)c(C(=O)N2CCC(NS(=O)(=O)c3ccccc3)CC2)c1. The second-order valence-corrected chi connectivity index (χ2v) is 9.35. The van der Waals surface area contributed by atoms with Crippen LogP contribution in [0.1, 0.15) is 23.2 Å². The van der Waals surface area contributed by atoms with Crippen molar-refractivity contribution in [3.63, 3.8) is 0 Å². The summed E-state index contributed by atoms with van der Waals surface area (Å²) in [5, 5.41) is 0.435. The van der Waals surface area contributed by atoms with Gasteiger partial charge in [0.05, 0.1) is 15.5 Å². The van der Waals surface area contributed by atoms with Gasteiger partial charge < -0.3 is 4.90 Å². The predicted molar refractivity (Wildman–Crippen MR) is 109 cm³/mol. The van der Waals surface area contributed by atoms with E-state index >= 15 is 0 Å². The summed E-state index contributed by atoms with van der Waals surface area (Å²) in [4.78, 5) is 15.8. The summed E-state index contributed by atoms with van der Waals surface area (Å²) in [6.45, 7) is 0.973.